The molecule has 2 nitrogen and oxygen atoms in total. The van der Waals surface area contributed by atoms with E-state index in [1.807, 2.05) is 43.3 Å². The maximum absolute atomic E-state index is 12.5. The van der Waals surface area contributed by atoms with Crippen LogP contribution < -0.4 is 0 Å². The quantitative estimate of drug-likeness (QED) is 0.722. The topological polar surface area (TPSA) is 20.3 Å². The van der Waals surface area contributed by atoms with Crippen LogP contribution in [-0.2, 0) is 12.4 Å². The molecule has 1 amide bonds. The van der Waals surface area contributed by atoms with Gasteiger partial charge in [-0.3, -0.25) is 4.79 Å². The van der Waals surface area contributed by atoms with Crippen molar-refractivity contribution in [3.63, 3.8) is 0 Å². The van der Waals surface area contributed by atoms with E-state index in [0.717, 1.165) is 14.8 Å². The smallest absolute Gasteiger partial charge is 0.254 e. The zero-order chi connectivity index (χ0) is 14.5. The molecule has 1 aromatic carbocycles. The Hall–Kier alpha value is -1.03. The average Bonchev–Trinajstić information content (AvgIpc) is 2.89. The van der Waals surface area contributed by atoms with Crippen molar-refractivity contribution in [2.75, 3.05) is 6.54 Å². The summed E-state index contributed by atoms with van der Waals surface area (Å²) in [7, 11) is 0. The molecule has 2 aromatic rings. The molecule has 0 aliphatic heterocycles. The predicted octanol–water partition coefficient (Wildman–Crippen LogP) is 4.80. The molecule has 2 rings (SSSR count). The molecule has 5 heteroatoms. The molecule has 0 atom stereocenters. The zero-order valence-electron chi connectivity index (χ0n) is 11.1. The summed E-state index contributed by atoms with van der Waals surface area (Å²) in [6.07, 6.45) is 0. The number of nitrogens with zero attached hydrogens (tertiary/aromatic N) is 1. The van der Waals surface area contributed by atoms with Gasteiger partial charge in [0.25, 0.3) is 5.91 Å². The van der Waals surface area contributed by atoms with Crippen LogP contribution in [0.15, 0.2) is 36.4 Å². The zero-order valence-corrected chi connectivity index (χ0v) is 13.4. The minimum absolute atomic E-state index is 0.0176. The summed E-state index contributed by atoms with van der Waals surface area (Å²) in [6.45, 7) is 3.20. The molecule has 1 heterocycles. The third-order valence-electron chi connectivity index (χ3n) is 2.97. The van der Waals surface area contributed by atoms with Crippen LogP contribution >= 0.6 is 34.5 Å². The minimum Gasteiger partial charge on any atom is -0.334 e. The number of hydrogen-bond acceptors (Lipinski definition) is 2. The van der Waals surface area contributed by atoms with Gasteiger partial charge in [0.2, 0.25) is 0 Å². The monoisotopic (exact) mass is 327 g/mol. The fraction of sp³-hybridized carbons (Fsp3) is 0.267. The Kier molecular flexibility index (Phi) is 5.46. The predicted molar refractivity (Wildman–Crippen MR) is 85.7 cm³/mol. The molecule has 20 heavy (non-hydrogen) atoms. The van der Waals surface area contributed by atoms with E-state index in [-0.39, 0.29) is 5.91 Å². The fourth-order valence-corrected chi connectivity index (χ4v) is 3.19. The molecule has 0 unspecified atom stereocenters. The van der Waals surface area contributed by atoms with Gasteiger partial charge >= 0.3 is 0 Å². The van der Waals surface area contributed by atoms with Gasteiger partial charge in [-0.05, 0) is 36.8 Å². The summed E-state index contributed by atoms with van der Waals surface area (Å²) in [5.74, 6) is 0.428. The van der Waals surface area contributed by atoms with Crippen LogP contribution in [0.1, 0.15) is 27.7 Å². The van der Waals surface area contributed by atoms with Crippen molar-refractivity contribution in [2.45, 2.75) is 19.3 Å². The Balaban J connectivity index is 2.15. The number of alkyl halides is 1. The number of halogens is 2. The van der Waals surface area contributed by atoms with Gasteiger partial charge in [-0.15, -0.1) is 22.9 Å². The molecule has 0 aliphatic rings. The Morgan fingerprint density at radius 2 is 2.10 bits per heavy atom. The molecule has 0 saturated carbocycles. The molecule has 0 N–H and O–H groups in total. The van der Waals surface area contributed by atoms with Crippen LogP contribution in [0.2, 0.25) is 4.34 Å². The van der Waals surface area contributed by atoms with Crippen molar-refractivity contribution in [3.8, 4) is 0 Å². The minimum atomic E-state index is 0.0176. The van der Waals surface area contributed by atoms with Crippen molar-refractivity contribution in [3.05, 3.63) is 56.7 Å². The molecule has 0 spiro atoms. The van der Waals surface area contributed by atoms with Crippen molar-refractivity contribution in [2.24, 2.45) is 0 Å². The highest BCUT2D eigenvalue weighted by Crippen LogP contribution is 2.23. The van der Waals surface area contributed by atoms with Gasteiger partial charge < -0.3 is 4.90 Å². The van der Waals surface area contributed by atoms with Crippen LogP contribution in [0.4, 0.5) is 0 Å². The lowest BCUT2D eigenvalue weighted by Gasteiger charge is -2.20. The summed E-state index contributed by atoms with van der Waals surface area (Å²) >= 11 is 13.2. The standard InChI is InChI=1S/C15H15Cl2NOS/c1-2-18(10-13-6-7-14(17)20-13)15(19)12-5-3-4-11(8-12)9-16/h3-8H,2,9-10H2,1H3. The van der Waals surface area contributed by atoms with Crippen LogP contribution in [0.25, 0.3) is 0 Å². The van der Waals surface area contributed by atoms with Gasteiger partial charge in [0.05, 0.1) is 10.9 Å². The first-order valence-corrected chi connectivity index (χ1v) is 8.05. The van der Waals surface area contributed by atoms with E-state index in [1.165, 1.54) is 11.3 Å². The van der Waals surface area contributed by atoms with E-state index in [0.29, 0.717) is 24.5 Å². The lowest BCUT2D eigenvalue weighted by molar-refractivity contribution is 0.0754. The fourth-order valence-electron chi connectivity index (χ4n) is 1.92. The third kappa shape index (κ3) is 3.75. The highest BCUT2D eigenvalue weighted by Gasteiger charge is 2.15. The van der Waals surface area contributed by atoms with Crippen LogP contribution in [-0.4, -0.2) is 17.4 Å². The summed E-state index contributed by atoms with van der Waals surface area (Å²) < 4.78 is 0.743. The van der Waals surface area contributed by atoms with E-state index in [4.69, 9.17) is 23.2 Å². The Morgan fingerprint density at radius 1 is 1.30 bits per heavy atom. The van der Waals surface area contributed by atoms with Gasteiger partial charge in [-0.1, -0.05) is 23.7 Å². The Morgan fingerprint density at radius 3 is 2.70 bits per heavy atom. The second kappa shape index (κ2) is 7.11. The van der Waals surface area contributed by atoms with E-state index < -0.39 is 0 Å². The van der Waals surface area contributed by atoms with Gasteiger partial charge in [0.15, 0.2) is 0 Å². The molecule has 1 aromatic heterocycles. The third-order valence-corrected chi connectivity index (χ3v) is 4.50. The number of carbonyl (C=O) groups is 1. The normalized spacial score (nSPS) is 10.6. The number of thiophene rings is 1. The van der Waals surface area contributed by atoms with Crippen LogP contribution in [0, 0.1) is 0 Å². The number of carbonyl (C=O) groups excluding carboxylic acids is 1. The van der Waals surface area contributed by atoms with Gasteiger partial charge in [-0.25, -0.2) is 0 Å². The second-order valence-corrected chi connectivity index (χ2v) is 6.43. The van der Waals surface area contributed by atoms with E-state index in [1.54, 1.807) is 4.90 Å². The highest BCUT2D eigenvalue weighted by molar-refractivity contribution is 7.16. The maximum Gasteiger partial charge on any atom is 0.254 e. The van der Waals surface area contributed by atoms with Gasteiger partial charge in [0, 0.05) is 22.9 Å². The molecule has 106 valence electrons. The summed E-state index contributed by atoms with van der Waals surface area (Å²) in [6, 6.07) is 11.3. The van der Waals surface area contributed by atoms with Crippen LogP contribution in [0.3, 0.4) is 0 Å². The Bertz CT molecular complexity index is 597. The van der Waals surface area contributed by atoms with Crippen molar-refractivity contribution < 1.29 is 4.79 Å². The highest BCUT2D eigenvalue weighted by atomic mass is 35.5. The van der Waals surface area contributed by atoms with Gasteiger partial charge in [0.1, 0.15) is 0 Å². The molecule has 0 bridgehead atoms. The first kappa shape index (κ1) is 15.4. The molecular formula is C15H15Cl2NOS. The first-order chi connectivity index (χ1) is 9.63. The SMILES string of the molecule is CCN(Cc1ccc(Cl)s1)C(=O)c1cccc(CCl)c1. The van der Waals surface area contributed by atoms with Crippen molar-refractivity contribution in [1.29, 1.82) is 0 Å². The summed E-state index contributed by atoms with van der Waals surface area (Å²) in [5, 5.41) is 0. The lowest BCUT2D eigenvalue weighted by Crippen LogP contribution is -2.30. The second-order valence-electron chi connectivity index (χ2n) is 4.36. The van der Waals surface area contributed by atoms with E-state index in [9.17, 15) is 4.79 Å². The molecule has 0 aliphatic carbocycles. The molecule has 0 saturated heterocycles. The Labute approximate surface area is 132 Å². The summed E-state index contributed by atoms with van der Waals surface area (Å²) in [5.41, 5.74) is 1.63. The number of hydrogen-bond donors (Lipinski definition) is 0. The molecule has 0 fully saturated rings. The summed E-state index contributed by atoms with van der Waals surface area (Å²) in [4.78, 5) is 15.4. The van der Waals surface area contributed by atoms with Crippen molar-refractivity contribution >= 4 is 40.4 Å². The van der Waals surface area contributed by atoms with Gasteiger partial charge in [-0.2, -0.15) is 0 Å². The largest absolute Gasteiger partial charge is 0.334 e. The number of rotatable bonds is 5. The molecule has 0 radical (unpaired) electrons. The lowest BCUT2D eigenvalue weighted by atomic mass is 10.1. The first-order valence-electron chi connectivity index (χ1n) is 6.32. The van der Waals surface area contributed by atoms with Crippen LogP contribution in [0.5, 0.6) is 0 Å². The average molecular weight is 328 g/mol. The maximum atomic E-state index is 12.5. The van der Waals surface area contributed by atoms with E-state index in [2.05, 4.69) is 0 Å². The van der Waals surface area contributed by atoms with Crippen molar-refractivity contribution in [1.82, 2.24) is 4.90 Å². The number of amides is 1. The van der Waals surface area contributed by atoms with E-state index >= 15 is 0 Å². The number of benzene rings is 1. The molecular weight excluding hydrogens is 313 g/mol.